The molecule has 1 amide bonds. The van der Waals surface area contributed by atoms with Gasteiger partial charge in [-0.1, -0.05) is 12.1 Å². The number of carbonyl (C=O) groups is 1. The van der Waals surface area contributed by atoms with E-state index in [0.717, 1.165) is 11.3 Å². The first-order valence-electron chi connectivity index (χ1n) is 8.57. The number of aliphatic hydroxyl groups is 1. The SMILES string of the molecule is COc1ccc(COc2ccc(C(=O)N(C)C)c(OC[C@@H](O)CN)c2)cc1. The molecule has 27 heavy (non-hydrogen) atoms. The Balaban J connectivity index is 2.14. The molecular weight excluding hydrogens is 348 g/mol. The van der Waals surface area contributed by atoms with Crippen LogP contribution in [-0.2, 0) is 6.61 Å². The molecule has 0 saturated carbocycles. The summed E-state index contributed by atoms with van der Waals surface area (Å²) in [5, 5.41) is 9.64. The topological polar surface area (TPSA) is 94.2 Å². The van der Waals surface area contributed by atoms with Crippen molar-refractivity contribution in [3.05, 3.63) is 53.6 Å². The van der Waals surface area contributed by atoms with E-state index in [1.54, 1.807) is 39.4 Å². The van der Waals surface area contributed by atoms with Crippen LogP contribution < -0.4 is 19.9 Å². The van der Waals surface area contributed by atoms with Gasteiger partial charge in [0.05, 0.1) is 12.7 Å². The normalized spacial score (nSPS) is 11.6. The minimum absolute atomic E-state index is 0.00780. The van der Waals surface area contributed by atoms with Crippen LogP contribution in [0.1, 0.15) is 15.9 Å². The van der Waals surface area contributed by atoms with Crippen LogP contribution in [0.3, 0.4) is 0 Å². The van der Waals surface area contributed by atoms with Gasteiger partial charge in [-0.15, -0.1) is 0 Å². The van der Waals surface area contributed by atoms with Crippen molar-refractivity contribution in [3.8, 4) is 17.2 Å². The van der Waals surface area contributed by atoms with Gasteiger partial charge in [0.15, 0.2) is 0 Å². The number of amides is 1. The van der Waals surface area contributed by atoms with E-state index >= 15 is 0 Å². The van der Waals surface area contributed by atoms with Gasteiger partial charge in [0.1, 0.15) is 36.6 Å². The standard InChI is InChI=1S/C20H26N2O5/c1-22(2)20(24)18-9-8-17(10-19(18)27-13-15(23)11-21)26-12-14-4-6-16(25-3)7-5-14/h4-10,15,23H,11-13,21H2,1-3H3/t15-/m0/s1. The number of rotatable bonds is 9. The number of ether oxygens (including phenoxy) is 3. The van der Waals surface area contributed by atoms with E-state index < -0.39 is 6.10 Å². The lowest BCUT2D eigenvalue weighted by atomic mass is 10.1. The quantitative estimate of drug-likeness (QED) is 0.693. The second-order valence-corrected chi connectivity index (χ2v) is 6.19. The van der Waals surface area contributed by atoms with Gasteiger partial charge >= 0.3 is 0 Å². The molecule has 3 N–H and O–H groups in total. The van der Waals surface area contributed by atoms with E-state index in [9.17, 15) is 9.90 Å². The van der Waals surface area contributed by atoms with Crippen LogP contribution in [-0.4, -0.2) is 56.4 Å². The summed E-state index contributed by atoms with van der Waals surface area (Å²) in [6, 6.07) is 12.6. The minimum atomic E-state index is -0.809. The molecule has 0 aromatic heterocycles. The van der Waals surface area contributed by atoms with Crippen LogP contribution in [0.5, 0.6) is 17.2 Å². The van der Waals surface area contributed by atoms with Crippen LogP contribution in [0.2, 0.25) is 0 Å². The van der Waals surface area contributed by atoms with Crippen molar-refractivity contribution in [3.63, 3.8) is 0 Å². The molecule has 0 bridgehead atoms. The van der Waals surface area contributed by atoms with Crippen molar-refractivity contribution in [1.82, 2.24) is 4.90 Å². The molecule has 2 aromatic rings. The molecule has 0 aliphatic heterocycles. The molecule has 7 heteroatoms. The third kappa shape index (κ3) is 5.87. The first kappa shape index (κ1) is 20.5. The summed E-state index contributed by atoms with van der Waals surface area (Å²) in [5.41, 5.74) is 6.77. The van der Waals surface area contributed by atoms with Crippen LogP contribution in [0.4, 0.5) is 0 Å². The lowest BCUT2D eigenvalue weighted by molar-refractivity contribution is 0.0812. The molecule has 0 spiro atoms. The maximum atomic E-state index is 12.3. The fourth-order valence-electron chi connectivity index (χ4n) is 2.27. The second-order valence-electron chi connectivity index (χ2n) is 6.19. The molecule has 0 unspecified atom stereocenters. The minimum Gasteiger partial charge on any atom is -0.497 e. The Hall–Kier alpha value is -2.77. The Morgan fingerprint density at radius 1 is 1.11 bits per heavy atom. The van der Waals surface area contributed by atoms with E-state index in [-0.39, 0.29) is 19.1 Å². The van der Waals surface area contributed by atoms with E-state index in [0.29, 0.717) is 23.7 Å². The molecule has 0 heterocycles. The summed E-state index contributed by atoms with van der Waals surface area (Å²) in [7, 11) is 4.94. The van der Waals surface area contributed by atoms with Crippen molar-refractivity contribution in [2.45, 2.75) is 12.7 Å². The van der Waals surface area contributed by atoms with E-state index in [4.69, 9.17) is 19.9 Å². The number of aliphatic hydroxyl groups excluding tert-OH is 1. The number of methoxy groups -OCH3 is 1. The Kier molecular flexibility index (Phi) is 7.45. The fraction of sp³-hybridized carbons (Fsp3) is 0.350. The first-order valence-corrected chi connectivity index (χ1v) is 8.57. The monoisotopic (exact) mass is 374 g/mol. The van der Waals surface area contributed by atoms with Crippen LogP contribution in [0.25, 0.3) is 0 Å². The predicted octanol–water partition coefficient (Wildman–Crippen LogP) is 1.67. The molecule has 1 atom stereocenters. The summed E-state index contributed by atoms with van der Waals surface area (Å²) in [5.74, 6) is 1.47. The average molecular weight is 374 g/mol. The highest BCUT2D eigenvalue weighted by molar-refractivity contribution is 5.96. The molecule has 0 radical (unpaired) electrons. The summed E-state index contributed by atoms with van der Waals surface area (Å²) in [6.07, 6.45) is -0.809. The zero-order valence-electron chi connectivity index (χ0n) is 15.8. The Bertz CT molecular complexity index is 747. The maximum Gasteiger partial charge on any atom is 0.257 e. The largest absolute Gasteiger partial charge is 0.497 e. The van der Waals surface area contributed by atoms with Crippen LogP contribution in [0, 0.1) is 0 Å². The molecule has 0 saturated heterocycles. The van der Waals surface area contributed by atoms with Gasteiger partial charge in [0.25, 0.3) is 5.91 Å². The lowest BCUT2D eigenvalue weighted by Crippen LogP contribution is -2.28. The molecule has 2 rings (SSSR count). The average Bonchev–Trinajstić information content (AvgIpc) is 2.70. The summed E-state index contributed by atoms with van der Waals surface area (Å²) in [6.45, 7) is 0.423. The second kappa shape index (κ2) is 9.80. The van der Waals surface area contributed by atoms with Gasteiger partial charge in [-0.2, -0.15) is 0 Å². The van der Waals surface area contributed by atoms with Gasteiger partial charge in [0, 0.05) is 26.7 Å². The van der Waals surface area contributed by atoms with Crippen LogP contribution >= 0.6 is 0 Å². The van der Waals surface area contributed by atoms with E-state index in [1.165, 1.54) is 4.90 Å². The lowest BCUT2D eigenvalue weighted by Gasteiger charge is -2.17. The number of hydrogen-bond acceptors (Lipinski definition) is 6. The maximum absolute atomic E-state index is 12.3. The molecule has 0 aliphatic carbocycles. The zero-order valence-corrected chi connectivity index (χ0v) is 15.8. The number of benzene rings is 2. The number of hydrogen-bond donors (Lipinski definition) is 2. The highest BCUT2D eigenvalue weighted by Crippen LogP contribution is 2.27. The number of nitrogens with zero attached hydrogens (tertiary/aromatic N) is 1. The zero-order chi connectivity index (χ0) is 19.8. The predicted molar refractivity (Wildman–Crippen MR) is 102 cm³/mol. The smallest absolute Gasteiger partial charge is 0.257 e. The van der Waals surface area contributed by atoms with E-state index in [2.05, 4.69) is 0 Å². The number of carbonyl (C=O) groups excluding carboxylic acids is 1. The number of nitrogens with two attached hydrogens (primary N) is 1. The summed E-state index contributed by atoms with van der Waals surface area (Å²) >= 11 is 0. The van der Waals surface area contributed by atoms with Gasteiger partial charge < -0.3 is 30.0 Å². The highest BCUT2D eigenvalue weighted by atomic mass is 16.5. The van der Waals surface area contributed by atoms with Crippen molar-refractivity contribution in [2.75, 3.05) is 34.4 Å². The molecule has 0 aliphatic rings. The van der Waals surface area contributed by atoms with Crippen molar-refractivity contribution >= 4 is 5.91 Å². The molecule has 0 fully saturated rings. The fourth-order valence-corrected chi connectivity index (χ4v) is 2.27. The Labute approximate surface area is 159 Å². The first-order chi connectivity index (χ1) is 12.9. The molecule has 2 aromatic carbocycles. The third-order valence-corrected chi connectivity index (χ3v) is 3.86. The van der Waals surface area contributed by atoms with Gasteiger partial charge in [-0.3, -0.25) is 4.79 Å². The molecule has 146 valence electrons. The van der Waals surface area contributed by atoms with Crippen molar-refractivity contribution < 1.29 is 24.1 Å². The Morgan fingerprint density at radius 2 is 1.78 bits per heavy atom. The highest BCUT2D eigenvalue weighted by Gasteiger charge is 2.17. The van der Waals surface area contributed by atoms with Crippen molar-refractivity contribution in [2.24, 2.45) is 5.73 Å². The van der Waals surface area contributed by atoms with Gasteiger partial charge in [-0.05, 0) is 29.8 Å². The van der Waals surface area contributed by atoms with Crippen LogP contribution in [0.15, 0.2) is 42.5 Å². The summed E-state index contributed by atoms with van der Waals surface area (Å²) < 4.78 is 16.5. The Morgan fingerprint density at radius 3 is 2.37 bits per heavy atom. The molecular formula is C20H26N2O5. The van der Waals surface area contributed by atoms with E-state index in [1.807, 2.05) is 24.3 Å². The third-order valence-electron chi connectivity index (χ3n) is 3.86. The van der Waals surface area contributed by atoms with Crippen molar-refractivity contribution in [1.29, 1.82) is 0 Å². The van der Waals surface area contributed by atoms with Gasteiger partial charge in [0.2, 0.25) is 0 Å². The summed E-state index contributed by atoms with van der Waals surface area (Å²) in [4.78, 5) is 13.8. The molecule has 7 nitrogen and oxygen atoms in total. The van der Waals surface area contributed by atoms with Gasteiger partial charge in [-0.25, -0.2) is 0 Å².